The van der Waals surface area contributed by atoms with Crippen LogP contribution in [0.4, 0.5) is 19.0 Å². The molecule has 6 nitrogen and oxygen atoms in total. The molecule has 1 saturated heterocycles. The summed E-state index contributed by atoms with van der Waals surface area (Å²) in [4.78, 5) is 24.0. The number of alkyl halides is 2. The predicted octanol–water partition coefficient (Wildman–Crippen LogP) is 4.64. The Labute approximate surface area is 188 Å². The van der Waals surface area contributed by atoms with Crippen LogP contribution < -0.4 is 10.6 Å². The van der Waals surface area contributed by atoms with Crippen LogP contribution in [0.5, 0.6) is 0 Å². The Morgan fingerprint density at radius 2 is 2.00 bits per heavy atom. The molecule has 1 aromatic heterocycles. The Morgan fingerprint density at radius 1 is 1.21 bits per heavy atom. The summed E-state index contributed by atoms with van der Waals surface area (Å²) in [5.74, 6) is -4.59. The van der Waals surface area contributed by atoms with E-state index in [-0.39, 0.29) is 42.4 Å². The lowest BCUT2D eigenvalue weighted by Gasteiger charge is -2.17. The van der Waals surface area contributed by atoms with Crippen LogP contribution in [0, 0.1) is 11.7 Å². The minimum absolute atomic E-state index is 0.0707. The van der Waals surface area contributed by atoms with E-state index >= 15 is 0 Å². The number of amides is 2. The first kappa shape index (κ1) is 22.6. The van der Waals surface area contributed by atoms with Crippen molar-refractivity contribution in [2.75, 3.05) is 11.9 Å². The Morgan fingerprint density at radius 3 is 2.70 bits per heavy atom. The number of para-hydroxylation sites is 1. The molecule has 2 amide bonds. The highest BCUT2D eigenvalue weighted by atomic mass is 19.3. The van der Waals surface area contributed by atoms with Crippen LogP contribution >= 0.6 is 0 Å². The maximum atomic E-state index is 14.6. The van der Waals surface area contributed by atoms with Crippen LogP contribution in [0.2, 0.25) is 0 Å². The topological polar surface area (TPSA) is 76.0 Å². The van der Waals surface area contributed by atoms with Crippen molar-refractivity contribution in [3.63, 3.8) is 0 Å². The fourth-order valence-electron chi connectivity index (χ4n) is 3.84. The van der Waals surface area contributed by atoms with Gasteiger partial charge in [0.1, 0.15) is 11.5 Å². The molecule has 33 heavy (non-hydrogen) atoms. The molecule has 2 aromatic carbocycles. The third-order valence-electron chi connectivity index (χ3n) is 5.53. The zero-order valence-electron chi connectivity index (χ0n) is 17.9. The Bertz CT molecular complexity index is 1190. The second kappa shape index (κ2) is 9.09. The predicted molar refractivity (Wildman–Crippen MR) is 118 cm³/mol. The van der Waals surface area contributed by atoms with Gasteiger partial charge in [0.15, 0.2) is 5.82 Å². The van der Waals surface area contributed by atoms with Crippen molar-refractivity contribution in [2.24, 2.45) is 5.92 Å². The fraction of sp³-hybridized carbons (Fsp3) is 0.292. The van der Waals surface area contributed by atoms with Crippen LogP contribution in [0.1, 0.15) is 31.7 Å². The van der Waals surface area contributed by atoms with Crippen molar-refractivity contribution in [3.05, 3.63) is 66.0 Å². The van der Waals surface area contributed by atoms with Crippen molar-refractivity contribution in [1.82, 2.24) is 15.1 Å². The molecule has 2 heterocycles. The number of hydrogen-bond donors (Lipinski definition) is 2. The molecule has 1 aliphatic rings. The summed E-state index contributed by atoms with van der Waals surface area (Å²) in [7, 11) is 0. The van der Waals surface area contributed by atoms with Crippen LogP contribution in [0.15, 0.2) is 54.6 Å². The number of nitrogens with zero attached hydrogens (tertiary/aromatic N) is 2. The van der Waals surface area contributed by atoms with Crippen LogP contribution in [0.3, 0.4) is 0 Å². The molecule has 0 radical (unpaired) electrons. The summed E-state index contributed by atoms with van der Waals surface area (Å²) in [6.45, 7) is 1.91. The van der Waals surface area contributed by atoms with Gasteiger partial charge in [0.05, 0.1) is 11.6 Å². The highest BCUT2D eigenvalue weighted by Crippen LogP contribution is 2.36. The first-order chi connectivity index (χ1) is 15.8. The number of anilines is 1. The van der Waals surface area contributed by atoms with Crippen LogP contribution in [0.25, 0.3) is 16.9 Å². The van der Waals surface area contributed by atoms with Gasteiger partial charge in [-0.1, -0.05) is 43.7 Å². The number of halogens is 3. The average molecular weight is 456 g/mol. The molecule has 2 N–H and O–H groups in total. The maximum Gasteiger partial charge on any atom is 0.273 e. The number of carbonyl (C=O) groups is 2. The summed E-state index contributed by atoms with van der Waals surface area (Å²) in [5.41, 5.74) is 0.697. The van der Waals surface area contributed by atoms with Crippen LogP contribution in [-0.4, -0.2) is 28.1 Å². The molecule has 1 atom stereocenters. The minimum atomic E-state index is -3.01. The SMILES string of the molecule is CCCC(F)(F)c1cccc(-c2cc(NC(=O)[C@H]3CNC(=O)C3)nn2-c2ccccc2F)c1. The molecule has 0 unspecified atom stereocenters. The van der Waals surface area contributed by atoms with Gasteiger partial charge in [-0.3, -0.25) is 9.59 Å². The van der Waals surface area contributed by atoms with Crippen molar-refractivity contribution in [1.29, 1.82) is 0 Å². The van der Waals surface area contributed by atoms with Gasteiger partial charge in [0.25, 0.3) is 5.92 Å². The molecule has 9 heteroatoms. The number of nitrogens with one attached hydrogen (secondary N) is 2. The lowest BCUT2D eigenvalue weighted by molar-refractivity contribution is -0.123. The Balaban J connectivity index is 1.75. The monoisotopic (exact) mass is 456 g/mol. The number of aromatic nitrogens is 2. The Hall–Kier alpha value is -3.62. The number of carbonyl (C=O) groups excluding carboxylic acids is 2. The molecule has 1 fully saturated rings. The second-order valence-corrected chi connectivity index (χ2v) is 8.01. The van der Waals surface area contributed by atoms with Gasteiger partial charge in [-0.05, 0) is 18.2 Å². The molecule has 0 spiro atoms. The molecule has 0 aliphatic carbocycles. The molecule has 4 rings (SSSR count). The maximum absolute atomic E-state index is 14.6. The fourth-order valence-corrected chi connectivity index (χ4v) is 3.84. The van der Waals surface area contributed by atoms with Gasteiger partial charge in [-0.25, -0.2) is 17.9 Å². The smallest absolute Gasteiger partial charge is 0.273 e. The van der Waals surface area contributed by atoms with E-state index in [1.54, 1.807) is 19.1 Å². The zero-order valence-corrected chi connectivity index (χ0v) is 17.9. The summed E-state index contributed by atoms with van der Waals surface area (Å²) < 4.78 is 45.0. The minimum Gasteiger partial charge on any atom is -0.355 e. The highest BCUT2D eigenvalue weighted by Gasteiger charge is 2.31. The largest absolute Gasteiger partial charge is 0.355 e. The Kier molecular flexibility index (Phi) is 6.22. The molecular formula is C24H23F3N4O2. The average Bonchev–Trinajstić information content (AvgIpc) is 3.40. The van der Waals surface area contributed by atoms with Crippen molar-refractivity contribution >= 4 is 17.6 Å². The van der Waals surface area contributed by atoms with Gasteiger partial charge in [-0.2, -0.15) is 0 Å². The number of hydrogen-bond acceptors (Lipinski definition) is 3. The molecule has 1 aliphatic heterocycles. The van der Waals surface area contributed by atoms with Crippen molar-refractivity contribution < 1.29 is 22.8 Å². The lowest BCUT2D eigenvalue weighted by atomic mass is 10.0. The van der Waals surface area contributed by atoms with E-state index in [0.717, 1.165) is 0 Å². The molecule has 0 bridgehead atoms. The van der Waals surface area contributed by atoms with E-state index in [4.69, 9.17) is 0 Å². The first-order valence-corrected chi connectivity index (χ1v) is 10.7. The zero-order chi connectivity index (χ0) is 23.6. The summed E-state index contributed by atoms with van der Waals surface area (Å²) >= 11 is 0. The summed E-state index contributed by atoms with van der Waals surface area (Å²) in [5, 5.41) is 9.58. The molecular weight excluding hydrogens is 433 g/mol. The summed E-state index contributed by atoms with van der Waals surface area (Å²) in [6.07, 6.45) is 0.0961. The highest BCUT2D eigenvalue weighted by molar-refractivity contribution is 5.97. The molecule has 3 aromatic rings. The molecule has 172 valence electrons. The van der Waals surface area contributed by atoms with Gasteiger partial charge in [0, 0.05) is 36.6 Å². The van der Waals surface area contributed by atoms with E-state index in [1.807, 2.05) is 0 Å². The van der Waals surface area contributed by atoms with Gasteiger partial charge >= 0.3 is 0 Å². The third-order valence-corrected chi connectivity index (χ3v) is 5.53. The van der Waals surface area contributed by atoms with Crippen molar-refractivity contribution in [3.8, 4) is 16.9 Å². The number of benzene rings is 2. The number of rotatable bonds is 7. The normalized spacial score (nSPS) is 16.0. The van der Waals surface area contributed by atoms with Crippen LogP contribution in [-0.2, 0) is 15.5 Å². The van der Waals surface area contributed by atoms with Gasteiger partial charge in [0.2, 0.25) is 11.8 Å². The first-order valence-electron chi connectivity index (χ1n) is 10.7. The lowest BCUT2D eigenvalue weighted by Crippen LogP contribution is -2.24. The summed E-state index contributed by atoms with van der Waals surface area (Å²) in [6, 6.07) is 13.3. The van der Waals surface area contributed by atoms with Crippen molar-refractivity contribution in [2.45, 2.75) is 32.1 Å². The second-order valence-electron chi connectivity index (χ2n) is 8.01. The van der Waals surface area contributed by atoms with E-state index in [2.05, 4.69) is 15.7 Å². The van der Waals surface area contributed by atoms with Gasteiger partial charge in [-0.15, -0.1) is 5.10 Å². The van der Waals surface area contributed by atoms with E-state index < -0.39 is 23.6 Å². The third kappa shape index (κ3) is 4.76. The standard InChI is InChI=1S/C24H23F3N4O2/c1-2-10-24(26,27)17-7-5-6-15(11-17)20-13-21(29-23(33)16-12-22(32)28-14-16)30-31(20)19-9-4-3-8-18(19)25/h3-9,11,13,16H,2,10,12,14H2,1H3,(H,28,32)(H,29,30,33)/t16-/m1/s1. The van der Waals surface area contributed by atoms with E-state index in [9.17, 15) is 22.8 Å². The quantitative estimate of drug-likeness (QED) is 0.544. The van der Waals surface area contributed by atoms with E-state index in [1.165, 1.54) is 47.1 Å². The van der Waals surface area contributed by atoms with E-state index in [0.29, 0.717) is 17.7 Å². The van der Waals surface area contributed by atoms with Gasteiger partial charge < -0.3 is 10.6 Å². The molecule has 0 saturated carbocycles.